The Balaban J connectivity index is 1.40. The highest BCUT2D eigenvalue weighted by Crippen LogP contribution is 2.33. The van der Waals surface area contributed by atoms with Gasteiger partial charge in [-0.15, -0.1) is 0 Å². The lowest BCUT2D eigenvalue weighted by atomic mass is 9.97. The molecule has 6 nitrogen and oxygen atoms in total. The number of anilines is 1. The summed E-state index contributed by atoms with van der Waals surface area (Å²) in [6.45, 7) is 2.46. The molecule has 1 saturated heterocycles. The lowest BCUT2D eigenvalue weighted by Gasteiger charge is -2.37. The Hall–Kier alpha value is -2.05. The van der Waals surface area contributed by atoms with Crippen LogP contribution in [0, 0.1) is 0 Å². The summed E-state index contributed by atoms with van der Waals surface area (Å²) in [6, 6.07) is 9.04. The highest BCUT2D eigenvalue weighted by Gasteiger charge is 2.27. The first-order valence-electron chi connectivity index (χ1n) is 8.68. The average molecular weight is 361 g/mol. The SMILES string of the molecule is O=c1[nH]ncc(N2CCC(N[C@H]3CCOc4ccccc43)CC2)c1Cl. The minimum absolute atomic E-state index is 0.222. The molecule has 0 aliphatic carbocycles. The molecular weight excluding hydrogens is 340 g/mol. The summed E-state index contributed by atoms with van der Waals surface area (Å²) >= 11 is 6.12. The van der Waals surface area contributed by atoms with Gasteiger partial charge in [0.1, 0.15) is 10.8 Å². The zero-order valence-corrected chi connectivity index (χ0v) is 14.6. The first kappa shape index (κ1) is 16.4. The van der Waals surface area contributed by atoms with E-state index in [1.54, 1.807) is 6.20 Å². The van der Waals surface area contributed by atoms with E-state index in [1.807, 2.05) is 12.1 Å². The van der Waals surface area contributed by atoms with E-state index in [9.17, 15) is 4.79 Å². The quantitative estimate of drug-likeness (QED) is 0.880. The fourth-order valence-electron chi connectivity index (χ4n) is 3.68. The van der Waals surface area contributed by atoms with E-state index >= 15 is 0 Å². The largest absolute Gasteiger partial charge is 0.493 e. The van der Waals surface area contributed by atoms with E-state index in [2.05, 4.69) is 32.5 Å². The van der Waals surface area contributed by atoms with Crippen LogP contribution in [0.3, 0.4) is 0 Å². The first-order chi connectivity index (χ1) is 12.2. The van der Waals surface area contributed by atoms with Gasteiger partial charge in [-0.3, -0.25) is 4.79 Å². The summed E-state index contributed by atoms with van der Waals surface area (Å²) in [5, 5.41) is 10.2. The summed E-state index contributed by atoms with van der Waals surface area (Å²) in [6.07, 6.45) is 4.62. The molecule has 2 aliphatic rings. The minimum atomic E-state index is -0.335. The molecule has 3 heterocycles. The third-order valence-corrected chi connectivity index (χ3v) is 5.37. The zero-order valence-electron chi connectivity index (χ0n) is 13.9. The van der Waals surface area contributed by atoms with Crippen molar-refractivity contribution >= 4 is 17.3 Å². The second-order valence-corrected chi connectivity index (χ2v) is 6.93. The molecule has 2 aromatic rings. The second-order valence-electron chi connectivity index (χ2n) is 6.55. The summed E-state index contributed by atoms with van der Waals surface area (Å²) in [4.78, 5) is 13.8. The van der Waals surface area contributed by atoms with Crippen molar-refractivity contribution in [1.29, 1.82) is 0 Å². The number of rotatable bonds is 3. The number of benzene rings is 1. The van der Waals surface area contributed by atoms with Crippen LogP contribution in [0.25, 0.3) is 0 Å². The third kappa shape index (κ3) is 3.37. The number of nitrogens with one attached hydrogen (secondary N) is 2. The highest BCUT2D eigenvalue weighted by molar-refractivity contribution is 6.32. The lowest BCUT2D eigenvalue weighted by Crippen LogP contribution is -2.45. The summed E-state index contributed by atoms with van der Waals surface area (Å²) in [7, 11) is 0. The number of hydrogen-bond donors (Lipinski definition) is 2. The molecule has 0 amide bonds. The Morgan fingerprint density at radius 2 is 2.04 bits per heavy atom. The number of fused-ring (bicyclic) bond motifs is 1. The molecule has 7 heteroatoms. The van der Waals surface area contributed by atoms with Crippen molar-refractivity contribution in [2.45, 2.75) is 31.3 Å². The van der Waals surface area contributed by atoms with E-state index in [1.165, 1.54) is 5.56 Å². The van der Waals surface area contributed by atoms with Crippen LogP contribution in [0.5, 0.6) is 5.75 Å². The van der Waals surface area contributed by atoms with Gasteiger partial charge in [-0.05, 0) is 18.9 Å². The molecule has 1 fully saturated rings. The van der Waals surface area contributed by atoms with Crippen molar-refractivity contribution in [3.8, 4) is 5.75 Å². The number of halogens is 1. The summed E-state index contributed by atoms with van der Waals surface area (Å²) in [5.74, 6) is 0.991. The maximum atomic E-state index is 11.6. The van der Waals surface area contributed by atoms with E-state index in [0.29, 0.717) is 12.1 Å². The normalized spacial score (nSPS) is 20.8. The molecule has 1 aromatic carbocycles. The van der Waals surface area contributed by atoms with Gasteiger partial charge < -0.3 is 15.0 Å². The van der Waals surface area contributed by atoms with Crippen LogP contribution in [0.4, 0.5) is 5.69 Å². The lowest BCUT2D eigenvalue weighted by molar-refractivity contribution is 0.237. The smallest absolute Gasteiger partial charge is 0.285 e. The van der Waals surface area contributed by atoms with Gasteiger partial charge in [0.15, 0.2) is 0 Å². The Kier molecular flexibility index (Phi) is 4.63. The van der Waals surface area contributed by atoms with E-state index in [4.69, 9.17) is 16.3 Å². The van der Waals surface area contributed by atoms with Crippen molar-refractivity contribution in [3.05, 3.63) is 51.4 Å². The molecule has 0 spiro atoms. The third-order valence-electron chi connectivity index (χ3n) is 5.01. The van der Waals surface area contributed by atoms with Gasteiger partial charge >= 0.3 is 0 Å². The van der Waals surface area contributed by atoms with Gasteiger partial charge in [0.05, 0.1) is 18.5 Å². The number of ether oxygens (including phenoxy) is 1. The van der Waals surface area contributed by atoms with Crippen molar-refractivity contribution in [3.63, 3.8) is 0 Å². The molecule has 0 saturated carbocycles. The molecule has 132 valence electrons. The molecule has 2 N–H and O–H groups in total. The number of aromatic nitrogens is 2. The molecule has 4 rings (SSSR count). The van der Waals surface area contributed by atoms with Crippen LogP contribution in [-0.2, 0) is 0 Å². The first-order valence-corrected chi connectivity index (χ1v) is 9.06. The van der Waals surface area contributed by atoms with Crippen molar-refractivity contribution in [2.75, 3.05) is 24.6 Å². The maximum Gasteiger partial charge on any atom is 0.285 e. The van der Waals surface area contributed by atoms with Crippen LogP contribution in [0.15, 0.2) is 35.3 Å². The van der Waals surface area contributed by atoms with Crippen molar-refractivity contribution < 1.29 is 4.74 Å². The molecule has 0 bridgehead atoms. The highest BCUT2D eigenvalue weighted by atomic mass is 35.5. The maximum absolute atomic E-state index is 11.6. The topological polar surface area (TPSA) is 70.2 Å². The Morgan fingerprint density at radius 1 is 1.24 bits per heavy atom. The molecule has 0 unspecified atom stereocenters. The van der Waals surface area contributed by atoms with Crippen LogP contribution in [-0.4, -0.2) is 35.9 Å². The fourth-order valence-corrected chi connectivity index (χ4v) is 3.89. The number of para-hydroxylation sites is 1. The predicted molar refractivity (Wildman–Crippen MR) is 97.5 cm³/mol. The molecule has 1 atom stereocenters. The van der Waals surface area contributed by atoms with E-state index in [0.717, 1.165) is 50.4 Å². The zero-order chi connectivity index (χ0) is 17.2. The monoisotopic (exact) mass is 360 g/mol. The van der Waals surface area contributed by atoms with Crippen LogP contribution < -0.4 is 20.5 Å². The van der Waals surface area contributed by atoms with Crippen molar-refractivity contribution in [1.82, 2.24) is 15.5 Å². The number of aromatic amines is 1. The fraction of sp³-hybridized carbons (Fsp3) is 0.444. The molecular formula is C18H21ClN4O2. The van der Waals surface area contributed by atoms with Crippen molar-refractivity contribution in [2.24, 2.45) is 0 Å². The van der Waals surface area contributed by atoms with Crippen LogP contribution >= 0.6 is 11.6 Å². The van der Waals surface area contributed by atoms with Crippen LogP contribution in [0.2, 0.25) is 5.02 Å². The Morgan fingerprint density at radius 3 is 2.88 bits per heavy atom. The van der Waals surface area contributed by atoms with E-state index in [-0.39, 0.29) is 10.6 Å². The standard InChI is InChI=1S/C18H21ClN4O2/c19-17-15(11-20-22-18(17)24)23-8-5-12(6-9-23)21-14-7-10-25-16-4-2-1-3-13(14)16/h1-4,11-12,14,21H,5-10H2,(H,22,24)/t14-/m0/s1. The number of H-pyrrole nitrogens is 1. The number of piperidine rings is 1. The van der Waals surface area contributed by atoms with Gasteiger partial charge in [-0.2, -0.15) is 5.10 Å². The molecule has 0 radical (unpaired) electrons. The minimum Gasteiger partial charge on any atom is -0.493 e. The van der Waals surface area contributed by atoms with Gasteiger partial charge in [0.2, 0.25) is 0 Å². The van der Waals surface area contributed by atoms with Crippen LogP contribution in [0.1, 0.15) is 30.9 Å². The van der Waals surface area contributed by atoms with Gasteiger partial charge in [-0.1, -0.05) is 29.8 Å². The summed E-state index contributed by atoms with van der Waals surface area (Å²) < 4.78 is 5.74. The molecule has 2 aliphatic heterocycles. The van der Waals surface area contributed by atoms with Gasteiger partial charge in [-0.25, -0.2) is 5.10 Å². The van der Waals surface area contributed by atoms with Gasteiger partial charge in [0.25, 0.3) is 5.56 Å². The molecule has 25 heavy (non-hydrogen) atoms. The number of nitrogens with zero attached hydrogens (tertiary/aromatic N) is 2. The predicted octanol–water partition coefficient (Wildman–Crippen LogP) is 2.51. The number of hydrogen-bond acceptors (Lipinski definition) is 5. The Bertz CT molecular complexity index is 802. The second kappa shape index (κ2) is 7.06. The van der Waals surface area contributed by atoms with Gasteiger partial charge in [0, 0.05) is 37.2 Å². The summed E-state index contributed by atoms with van der Waals surface area (Å²) in [5.41, 5.74) is 1.64. The van der Waals surface area contributed by atoms with E-state index < -0.39 is 0 Å². The molecule has 1 aromatic heterocycles. The average Bonchev–Trinajstić information content (AvgIpc) is 2.65. The Labute approximate surface area is 151 Å².